The fourth-order valence-corrected chi connectivity index (χ4v) is 3.53. The lowest BCUT2D eigenvalue weighted by atomic mass is 9.73. The number of rotatable bonds is 4. The van der Waals surface area contributed by atoms with Crippen LogP contribution in [0.3, 0.4) is 0 Å². The lowest BCUT2D eigenvalue weighted by molar-refractivity contribution is -0.144. The Morgan fingerprint density at radius 1 is 1.24 bits per heavy atom. The van der Waals surface area contributed by atoms with Crippen LogP contribution < -0.4 is 0 Å². The molecule has 3 nitrogen and oxygen atoms in total. The lowest BCUT2D eigenvalue weighted by Gasteiger charge is -2.32. The second kappa shape index (κ2) is 6.97. The molecule has 1 aromatic rings. The number of hydrogen-bond acceptors (Lipinski definition) is 3. The zero-order chi connectivity index (χ0) is 15.4. The maximum Gasteiger partial charge on any atom is 0.306 e. The van der Waals surface area contributed by atoms with Crippen LogP contribution >= 0.6 is 0 Å². The number of aromatic hydroxyl groups is 1. The van der Waals surface area contributed by atoms with Crippen LogP contribution in [0.5, 0.6) is 5.75 Å². The topological polar surface area (TPSA) is 46.5 Å². The van der Waals surface area contributed by atoms with Crippen molar-refractivity contribution in [3.63, 3.8) is 0 Å². The SMILES string of the molecule is CCOC(=O)C[C@@H]1CCCC[C@@H]1c1cc(C)c(O)c(C)c1. The van der Waals surface area contributed by atoms with Gasteiger partial charge in [-0.05, 0) is 62.1 Å². The normalized spacial score (nSPS) is 22.0. The van der Waals surface area contributed by atoms with E-state index in [-0.39, 0.29) is 5.97 Å². The van der Waals surface area contributed by atoms with E-state index in [0.29, 0.717) is 30.6 Å². The number of hydrogen-bond donors (Lipinski definition) is 1. The quantitative estimate of drug-likeness (QED) is 0.844. The molecule has 2 atom stereocenters. The highest BCUT2D eigenvalue weighted by Crippen LogP contribution is 2.41. The van der Waals surface area contributed by atoms with Gasteiger partial charge in [-0.1, -0.05) is 25.0 Å². The van der Waals surface area contributed by atoms with Crippen LogP contribution in [0.1, 0.15) is 61.6 Å². The number of benzene rings is 1. The Hall–Kier alpha value is -1.51. The van der Waals surface area contributed by atoms with Gasteiger partial charge < -0.3 is 9.84 Å². The van der Waals surface area contributed by atoms with Gasteiger partial charge >= 0.3 is 5.97 Å². The molecule has 0 radical (unpaired) electrons. The molecule has 0 saturated heterocycles. The van der Waals surface area contributed by atoms with E-state index < -0.39 is 0 Å². The van der Waals surface area contributed by atoms with Gasteiger partial charge in [-0.15, -0.1) is 0 Å². The molecule has 0 aliphatic heterocycles. The van der Waals surface area contributed by atoms with Crippen LogP contribution in [0, 0.1) is 19.8 Å². The van der Waals surface area contributed by atoms with Crippen molar-refractivity contribution in [3.05, 3.63) is 28.8 Å². The molecule has 3 heteroatoms. The molecule has 1 aliphatic rings. The summed E-state index contributed by atoms with van der Waals surface area (Å²) in [4.78, 5) is 11.8. The van der Waals surface area contributed by atoms with Crippen molar-refractivity contribution in [1.29, 1.82) is 0 Å². The smallest absolute Gasteiger partial charge is 0.306 e. The number of carbonyl (C=O) groups excluding carboxylic acids is 1. The van der Waals surface area contributed by atoms with Crippen molar-refractivity contribution >= 4 is 5.97 Å². The van der Waals surface area contributed by atoms with Gasteiger partial charge in [-0.25, -0.2) is 0 Å². The predicted octanol–water partition coefficient (Wildman–Crippen LogP) is 4.24. The molecule has 0 unspecified atom stereocenters. The maximum atomic E-state index is 11.8. The summed E-state index contributed by atoms with van der Waals surface area (Å²) in [5, 5.41) is 9.94. The number of esters is 1. The van der Waals surface area contributed by atoms with Crippen molar-refractivity contribution in [2.45, 2.75) is 58.8 Å². The Morgan fingerprint density at radius 2 is 1.86 bits per heavy atom. The fourth-order valence-electron chi connectivity index (χ4n) is 3.53. The monoisotopic (exact) mass is 290 g/mol. The van der Waals surface area contributed by atoms with Crippen LogP contribution in [0.25, 0.3) is 0 Å². The second-order valence-electron chi connectivity index (χ2n) is 6.16. The van der Waals surface area contributed by atoms with E-state index in [1.54, 1.807) is 0 Å². The molecule has 0 spiro atoms. The van der Waals surface area contributed by atoms with Crippen LogP contribution in [-0.4, -0.2) is 17.7 Å². The van der Waals surface area contributed by atoms with E-state index in [4.69, 9.17) is 4.74 Å². The third-order valence-corrected chi connectivity index (χ3v) is 4.58. The second-order valence-corrected chi connectivity index (χ2v) is 6.16. The maximum absolute atomic E-state index is 11.8. The van der Waals surface area contributed by atoms with Crippen molar-refractivity contribution in [1.82, 2.24) is 0 Å². The first kappa shape index (κ1) is 15.9. The molecule has 1 fully saturated rings. The zero-order valence-corrected chi connectivity index (χ0v) is 13.3. The van der Waals surface area contributed by atoms with Crippen LogP contribution in [0.2, 0.25) is 0 Å². The van der Waals surface area contributed by atoms with Crippen molar-refractivity contribution in [3.8, 4) is 5.75 Å². The van der Waals surface area contributed by atoms with Gasteiger partial charge in [0.1, 0.15) is 5.75 Å². The summed E-state index contributed by atoms with van der Waals surface area (Å²) in [6.45, 7) is 6.18. The first-order valence-electron chi connectivity index (χ1n) is 7.98. The van der Waals surface area contributed by atoms with Gasteiger partial charge in [0.15, 0.2) is 0 Å². The third kappa shape index (κ3) is 3.78. The average Bonchev–Trinajstić information content (AvgIpc) is 2.45. The van der Waals surface area contributed by atoms with Crippen molar-refractivity contribution < 1.29 is 14.6 Å². The molecule has 0 heterocycles. The van der Waals surface area contributed by atoms with E-state index in [2.05, 4.69) is 12.1 Å². The summed E-state index contributed by atoms with van der Waals surface area (Å²) in [7, 11) is 0. The van der Waals surface area contributed by atoms with Crippen LogP contribution in [0.15, 0.2) is 12.1 Å². The van der Waals surface area contributed by atoms with Gasteiger partial charge in [0.2, 0.25) is 0 Å². The molecule has 0 aromatic heterocycles. The van der Waals surface area contributed by atoms with Crippen molar-refractivity contribution in [2.24, 2.45) is 5.92 Å². The summed E-state index contributed by atoms with van der Waals surface area (Å²) in [5.41, 5.74) is 3.10. The Morgan fingerprint density at radius 3 is 2.48 bits per heavy atom. The minimum Gasteiger partial charge on any atom is -0.507 e. The largest absolute Gasteiger partial charge is 0.507 e. The van der Waals surface area contributed by atoms with Gasteiger partial charge in [0, 0.05) is 6.42 Å². The lowest BCUT2D eigenvalue weighted by Crippen LogP contribution is -2.22. The van der Waals surface area contributed by atoms with E-state index in [1.165, 1.54) is 18.4 Å². The first-order chi connectivity index (χ1) is 10.0. The molecule has 1 N–H and O–H groups in total. The number of aryl methyl sites for hydroxylation is 2. The van der Waals surface area contributed by atoms with E-state index >= 15 is 0 Å². The van der Waals surface area contributed by atoms with Crippen LogP contribution in [-0.2, 0) is 9.53 Å². The summed E-state index contributed by atoms with van der Waals surface area (Å²) < 4.78 is 5.12. The number of ether oxygens (including phenoxy) is 1. The van der Waals surface area contributed by atoms with Gasteiger partial charge in [0.05, 0.1) is 6.61 Å². The van der Waals surface area contributed by atoms with Gasteiger partial charge in [-0.3, -0.25) is 4.79 Å². The molecule has 21 heavy (non-hydrogen) atoms. The molecule has 1 saturated carbocycles. The highest BCUT2D eigenvalue weighted by molar-refractivity contribution is 5.69. The third-order valence-electron chi connectivity index (χ3n) is 4.58. The molecular formula is C18H26O3. The Kier molecular flexibility index (Phi) is 5.27. The highest BCUT2D eigenvalue weighted by Gasteiger charge is 2.29. The summed E-state index contributed by atoms with van der Waals surface area (Å²) >= 11 is 0. The van der Waals surface area contributed by atoms with Crippen LogP contribution in [0.4, 0.5) is 0 Å². The molecule has 0 amide bonds. The Labute approximate surface area is 127 Å². The number of phenolic OH excluding ortho intramolecular Hbond substituents is 1. The summed E-state index contributed by atoms with van der Waals surface area (Å²) in [6, 6.07) is 4.16. The van der Waals surface area contributed by atoms with Gasteiger partial charge in [0.25, 0.3) is 0 Å². The molecule has 0 bridgehead atoms. The summed E-state index contributed by atoms with van der Waals surface area (Å²) in [5.74, 6) is 1.07. The molecular weight excluding hydrogens is 264 g/mol. The predicted molar refractivity (Wildman–Crippen MR) is 83.5 cm³/mol. The molecule has 2 rings (SSSR count). The summed E-state index contributed by atoms with van der Waals surface area (Å²) in [6.07, 6.45) is 5.12. The average molecular weight is 290 g/mol. The zero-order valence-electron chi connectivity index (χ0n) is 13.3. The number of phenols is 1. The highest BCUT2D eigenvalue weighted by atomic mass is 16.5. The van der Waals surface area contributed by atoms with Gasteiger partial charge in [-0.2, -0.15) is 0 Å². The van der Waals surface area contributed by atoms with E-state index in [9.17, 15) is 9.90 Å². The number of carbonyl (C=O) groups is 1. The molecule has 116 valence electrons. The standard InChI is InChI=1S/C18H26O3/c1-4-21-17(19)11-14-7-5-6-8-16(14)15-9-12(2)18(20)13(3)10-15/h9-10,14,16,20H,4-8,11H2,1-3H3/t14-,16-/m0/s1. The minimum atomic E-state index is -0.0818. The molecule has 1 aromatic carbocycles. The van der Waals surface area contributed by atoms with E-state index in [0.717, 1.165) is 24.0 Å². The Balaban J connectivity index is 2.20. The minimum absolute atomic E-state index is 0.0818. The first-order valence-corrected chi connectivity index (χ1v) is 7.98. The van der Waals surface area contributed by atoms with Crippen molar-refractivity contribution in [2.75, 3.05) is 6.61 Å². The Bertz CT molecular complexity index is 484. The molecule has 1 aliphatic carbocycles. The van der Waals surface area contributed by atoms with E-state index in [1.807, 2.05) is 20.8 Å². The fraction of sp³-hybridized carbons (Fsp3) is 0.611.